The predicted molar refractivity (Wildman–Crippen MR) is 84.0 cm³/mol. The second-order valence-electron chi connectivity index (χ2n) is 5.40. The lowest BCUT2D eigenvalue weighted by Crippen LogP contribution is -2.50. The van der Waals surface area contributed by atoms with Crippen molar-refractivity contribution in [3.8, 4) is 0 Å². The fourth-order valence-electron chi connectivity index (χ4n) is 2.22. The fraction of sp³-hybridized carbons (Fsp3) is 0.571. The molecule has 2 heterocycles. The van der Waals surface area contributed by atoms with E-state index in [0.29, 0.717) is 38.5 Å². The van der Waals surface area contributed by atoms with Crippen molar-refractivity contribution in [3.63, 3.8) is 0 Å². The Hall–Kier alpha value is -0.880. The van der Waals surface area contributed by atoms with E-state index in [1.54, 1.807) is 0 Å². The fourth-order valence-corrected chi connectivity index (χ4v) is 3.61. The third-order valence-corrected chi connectivity index (χ3v) is 4.96. The lowest BCUT2D eigenvalue weighted by molar-refractivity contribution is -0.133. The zero-order valence-corrected chi connectivity index (χ0v) is 14.2. The van der Waals surface area contributed by atoms with Crippen LogP contribution in [0.2, 0.25) is 0 Å². The second-order valence-corrected chi connectivity index (χ2v) is 7.23. The number of nitrogens with zero attached hydrogens (tertiary/aromatic N) is 2. The molecule has 1 aliphatic rings. The van der Waals surface area contributed by atoms with Gasteiger partial charge in [0.15, 0.2) is 0 Å². The largest absolute Gasteiger partial charge is 0.339 e. The molecule has 0 aliphatic carbocycles. The Morgan fingerprint density at radius 3 is 2.35 bits per heavy atom. The van der Waals surface area contributed by atoms with Crippen LogP contribution in [0.5, 0.6) is 0 Å². The maximum Gasteiger partial charge on any atom is 0.264 e. The molecule has 4 nitrogen and oxygen atoms in total. The van der Waals surface area contributed by atoms with Crippen LogP contribution in [0.1, 0.15) is 29.9 Å². The first-order chi connectivity index (χ1) is 9.47. The average Bonchev–Trinajstić information content (AvgIpc) is 2.84. The molecule has 0 atom stereocenters. The number of carbonyl (C=O) groups excluding carboxylic acids is 2. The lowest BCUT2D eigenvalue weighted by atomic mass is 10.1. The monoisotopic (exact) mass is 358 g/mol. The summed E-state index contributed by atoms with van der Waals surface area (Å²) in [5.74, 6) is 0.647. The maximum atomic E-state index is 12.3. The van der Waals surface area contributed by atoms with E-state index in [9.17, 15) is 9.59 Å². The number of piperazine rings is 1. The molecule has 1 aromatic heterocycles. The van der Waals surface area contributed by atoms with Crippen molar-refractivity contribution in [1.29, 1.82) is 0 Å². The predicted octanol–water partition coefficient (Wildman–Crippen LogP) is 2.84. The first-order valence-electron chi connectivity index (χ1n) is 6.78. The number of carbonyl (C=O) groups is 2. The molecule has 1 saturated heterocycles. The van der Waals surface area contributed by atoms with Crippen molar-refractivity contribution in [2.24, 2.45) is 5.92 Å². The van der Waals surface area contributed by atoms with Gasteiger partial charge in [-0.3, -0.25) is 9.59 Å². The first kappa shape index (κ1) is 15.5. The highest BCUT2D eigenvalue weighted by molar-refractivity contribution is 9.10. The van der Waals surface area contributed by atoms with Crippen molar-refractivity contribution < 1.29 is 9.59 Å². The smallest absolute Gasteiger partial charge is 0.264 e. The zero-order valence-electron chi connectivity index (χ0n) is 11.8. The number of halogens is 1. The van der Waals surface area contributed by atoms with Gasteiger partial charge in [0.2, 0.25) is 5.91 Å². The van der Waals surface area contributed by atoms with E-state index >= 15 is 0 Å². The highest BCUT2D eigenvalue weighted by Crippen LogP contribution is 2.22. The van der Waals surface area contributed by atoms with Crippen molar-refractivity contribution in [1.82, 2.24) is 9.80 Å². The van der Waals surface area contributed by atoms with Gasteiger partial charge in [-0.1, -0.05) is 13.8 Å². The maximum absolute atomic E-state index is 12.3. The zero-order chi connectivity index (χ0) is 14.7. The molecule has 0 spiro atoms. The van der Waals surface area contributed by atoms with E-state index in [-0.39, 0.29) is 11.8 Å². The summed E-state index contributed by atoms with van der Waals surface area (Å²) in [4.78, 5) is 28.7. The molecule has 2 rings (SSSR count). The summed E-state index contributed by atoms with van der Waals surface area (Å²) in [6.45, 7) is 6.63. The summed E-state index contributed by atoms with van der Waals surface area (Å²) in [5.41, 5.74) is 0. The molecule has 1 fully saturated rings. The Bertz CT molecular complexity index is 493. The summed E-state index contributed by atoms with van der Waals surface area (Å²) >= 11 is 4.81. The van der Waals surface area contributed by atoms with Gasteiger partial charge in [-0.25, -0.2) is 0 Å². The van der Waals surface area contributed by atoms with E-state index in [1.165, 1.54) is 11.3 Å². The minimum absolute atomic E-state index is 0.0664. The Balaban J connectivity index is 1.88. The number of hydrogen-bond acceptors (Lipinski definition) is 3. The van der Waals surface area contributed by atoms with Crippen molar-refractivity contribution in [2.45, 2.75) is 20.3 Å². The molecule has 1 aromatic rings. The lowest BCUT2D eigenvalue weighted by Gasteiger charge is -2.35. The van der Waals surface area contributed by atoms with Crippen LogP contribution in [0.25, 0.3) is 0 Å². The molecule has 1 aliphatic heterocycles. The van der Waals surface area contributed by atoms with Crippen LogP contribution in [0.3, 0.4) is 0 Å². The average molecular weight is 359 g/mol. The first-order valence-corrected chi connectivity index (χ1v) is 8.45. The van der Waals surface area contributed by atoms with Crippen molar-refractivity contribution >= 4 is 39.1 Å². The molecule has 2 amide bonds. The summed E-state index contributed by atoms with van der Waals surface area (Å²) < 4.78 is 0.941. The minimum Gasteiger partial charge on any atom is -0.339 e. The number of rotatable bonds is 3. The molecule has 0 radical (unpaired) electrons. The topological polar surface area (TPSA) is 40.6 Å². The molecule has 0 unspecified atom stereocenters. The van der Waals surface area contributed by atoms with Crippen molar-refractivity contribution in [2.75, 3.05) is 26.2 Å². The molecule has 0 aromatic carbocycles. The minimum atomic E-state index is 0.0664. The Morgan fingerprint density at radius 1 is 1.25 bits per heavy atom. The Labute approximate surface area is 131 Å². The van der Waals surface area contributed by atoms with E-state index in [1.807, 2.05) is 35.1 Å². The van der Waals surface area contributed by atoms with Gasteiger partial charge in [0, 0.05) is 42.5 Å². The van der Waals surface area contributed by atoms with Crippen LogP contribution in [-0.4, -0.2) is 47.8 Å². The Morgan fingerprint density at radius 2 is 1.85 bits per heavy atom. The van der Waals surface area contributed by atoms with Crippen LogP contribution >= 0.6 is 27.3 Å². The molecule has 20 heavy (non-hydrogen) atoms. The molecule has 0 N–H and O–H groups in total. The van der Waals surface area contributed by atoms with Gasteiger partial charge in [0.25, 0.3) is 5.91 Å². The number of thiophene rings is 1. The van der Waals surface area contributed by atoms with Crippen molar-refractivity contribution in [3.05, 3.63) is 20.8 Å². The molecule has 0 saturated carbocycles. The SMILES string of the molecule is CC(C)CC(=O)N1CCN(C(=O)c2cc(Br)cs2)CC1. The summed E-state index contributed by atoms with van der Waals surface area (Å²) in [7, 11) is 0. The molecular weight excluding hydrogens is 340 g/mol. The van der Waals surface area contributed by atoms with E-state index in [0.717, 1.165) is 9.35 Å². The van der Waals surface area contributed by atoms with Crippen LogP contribution in [-0.2, 0) is 4.79 Å². The van der Waals surface area contributed by atoms with Gasteiger partial charge in [0.05, 0.1) is 4.88 Å². The van der Waals surface area contributed by atoms with Gasteiger partial charge < -0.3 is 9.80 Å². The summed E-state index contributed by atoms with van der Waals surface area (Å²) in [6.07, 6.45) is 0.589. The summed E-state index contributed by atoms with van der Waals surface area (Å²) in [5, 5.41) is 1.91. The third kappa shape index (κ3) is 3.82. The van der Waals surface area contributed by atoms with Gasteiger partial charge in [-0.2, -0.15) is 0 Å². The molecular formula is C14H19BrN2O2S. The van der Waals surface area contributed by atoms with Gasteiger partial charge in [0.1, 0.15) is 0 Å². The van der Waals surface area contributed by atoms with Gasteiger partial charge in [-0.05, 0) is 27.9 Å². The Kier molecular flexibility index (Phi) is 5.21. The molecule has 0 bridgehead atoms. The quantitative estimate of drug-likeness (QED) is 0.833. The standard InChI is InChI=1S/C14H19BrN2O2S/c1-10(2)7-13(18)16-3-5-17(6-4-16)14(19)12-8-11(15)9-20-12/h8-10H,3-7H2,1-2H3. The summed E-state index contributed by atoms with van der Waals surface area (Å²) in [6, 6.07) is 1.85. The second kappa shape index (κ2) is 6.72. The highest BCUT2D eigenvalue weighted by atomic mass is 79.9. The number of hydrogen-bond donors (Lipinski definition) is 0. The highest BCUT2D eigenvalue weighted by Gasteiger charge is 2.25. The molecule has 110 valence electrons. The van der Waals surface area contributed by atoms with E-state index in [2.05, 4.69) is 15.9 Å². The third-order valence-electron chi connectivity index (χ3n) is 3.28. The van der Waals surface area contributed by atoms with Gasteiger partial charge >= 0.3 is 0 Å². The molecule has 6 heteroatoms. The number of amides is 2. The van der Waals surface area contributed by atoms with E-state index in [4.69, 9.17) is 0 Å². The normalized spacial score (nSPS) is 15.8. The van der Waals surface area contributed by atoms with Crippen LogP contribution in [0.4, 0.5) is 0 Å². The van der Waals surface area contributed by atoms with Crippen LogP contribution in [0, 0.1) is 5.92 Å². The van der Waals surface area contributed by atoms with Gasteiger partial charge in [-0.15, -0.1) is 11.3 Å². The van der Waals surface area contributed by atoms with E-state index < -0.39 is 0 Å². The van der Waals surface area contributed by atoms with Crippen LogP contribution in [0.15, 0.2) is 15.9 Å². The van der Waals surface area contributed by atoms with Crippen LogP contribution < -0.4 is 0 Å².